The lowest BCUT2D eigenvalue weighted by Gasteiger charge is -2.35. The van der Waals surface area contributed by atoms with Crippen molar-refractivity contribution in [1.82, 2.24) is 19.7 Å². The van der Waals surface area contributed by atoms with Crippen LogP contribution in [-0.4, -0.2) is 37.5 Å². The summed E-state index contributed by atoms with van der Waals surface area (Å²) in [5, 5.41) is 5.12. The Hall–Kier alpha value is -3.22. The molecule has 0 saturated carbocycles. The van der Waals surface area contributed by atoms with Gasteiger partial charge in [0.25, 0.3) is 5.91 Å². The first-order valence-electron chi connectivity index (χ1n) is 8.85. The fraction of sp³-hybridized carbons (Fsp3) is 0.300. The Balaban J connectivity index is 1.85. The predicted molar refractivity (Wildman–Crippen MR) is 101 cm³/mol. The van der Waals surface area contributed by atoms with E-state index in [1.807, 2.05) is 38.1 Å². The van der Waals surface area contributed by atoms with E-state index in [0.717, 1.165) is 27.9 Å². The number of amides is 2. The van der Waals surface area contributed by atoms with Crippen molar-refractivity contribution in [1.29, 1.82) is 0 Å². The molecule has 138 valence electrons. The van der Waals surface area contributed by atoms with Crippen molar-refractivity contribution in [2.24, 2.45) is 12.8 Å². The first-order valence-corrected chi connectivity index (χ1v) is 8.85. The molecule has 0 bridgehead atoms. The molecular formula is C20H21N5O2. The molecule has 0 fully saturated rings. The zero-order chi connectivity index (χ0) is 19.3. The van der Waals surface area contributed by atoms with Crippen molar-refractivity contribution in [3.05, 3.63) is 58.4 Å². The molecule has 0 aliphatic carbocycles. The minimum absolute atomic E-state index is 0.222. The Kier molecular flexibility index (Phi) is 3.95. The minimum Gasteiger partial charge on any atom is -0.368 e. The first kappa shape index (κ1) is 17.2. The van der Waals surface area contributed by atoms with Crippen molar-refractivity contribution in [3.8, 4) is 0 Å². The summed E-state index contributed by atoms with van der Waals surface area (Å²) in [6, 6.07) is 8.92. The summed E-state index contributed by atoms with van der Waals surface area (Å²) in [5.41, 5.74) is 10.4. The van der Waals surface area contributed by atoms with Crippen molar-refractivity contribution in [2.75, 3.05) is 0 Å². The summed E-state index contributed by atoms with van der Waals surface area (Å²) in [6.45, 7) is 4.05. The van der Waals surface area contributed by atoms with Gasteiger partial charge in [0.05, 0.1) is 16.6 Å². The highest BCUT2D eigenvalue weighted by atomic mass is 16.2. The number of rotatable bonds is 2. The number of fused-ring (bicyclic) bond motifs is 2. The van der Waals surface area contributed by atoms with Crippen LogP contribution >= 0.6 is 0 Å². The number of aromatic nitrogens is 3. The van der Waals surface area contributed by atoms with Gasteiger partial charge in [-0.1, -0.05) is 24.3 Å². The highest BCUT2D eigenvalue weighted by Gasteiger charge is 2.35. The van der Waals surface area contributed by atoms with Crippen LogP contribution < -0.4 is 5.73 Å². The van der Waals surface area contributed by atoms with Gasteiger partial charge in [0.15, 0.2) is 5.65 Å². The zero-order valence-electron chi connectivity index (χ0n) is 15.6. The number of nitrogens with two attached hydrogens (primary N) is 1. The van der Waals surface area contributed by atoms with Gasteiger partial charge in [0.1, 0.15) is 6.04 Å². The topological polar surface area (TPSA) is 94.1 Å². The van der Waals surface area contributed by atoms with E-state index >= 15 is 0 Å². The van der Waals surface area contributed by atoms with Gasteiger partial charge in [0.2, 0.25) is 5.91 Å². The Labute approximate surface area is 156 Å². The molecule has 2 aromatic heterocycles. The molecule has 3 heterocycles. The molecule has 1 aliphatic rings. The number of nitrogens with zero attached hydrogens (tertiary/aromatic N) is 4. The average Bonchev–Trinajstić information content (AvgIpc) is 2.93. The number of primary amides is 1. The molecule has 1 aromatic carbocycles. The van der Waals surface area contributed by atoms with Gasteiger partial charge in [-0.2, -0.15) is 5.10 Å². The molecule has 4 rings (SSSR count). The summed E-state index contributed by atoms with van der Waals surface area (Å²) in [4.78, 5) is 31.7. The van der Waals surface area contributed by atoms with Gasteiger partial charge in [-0.25, -0.2) is 4.98 Å². The number of aryl methyl sites for hydroxylation is 3. The second-order valence-electron chi connectivity index (χ2n) is 7.04. The standard InChI is InChI=1S/C20H21N5O2/c1-11-8-15(17-12(2)23-24(3)19(17)22-11)20(27)25-10-14-7-5-4-6-13(14)9-16(25)18(21)26/h4-8,16H,9-10H2,1-3H3,(H2,21,26). The van der Waals surface area contributed by atoms with E-state index < -0.39 is 11.9 Å². The zero-order valence-corrected chi connectivity index (χ0v) is 15.6. The molecule has 0 saturated heterocycles. The summed E-state index contributed by atoms with van der Waals surface area (Å²) < 4.78 is 1.67. The van der Waals surface area contributed by atoms with E-state index in [4.69, 9.17) is 5.73 Å². The van der Waals surface area contributed by atoms with Gasteiger partial charge in [-0.15, -0.1) is 0 Å². The number of hydrogen-bond acceptors (Lipinski definition) is 4. The summed E-state index contributed by atoms with van der Waals surface area (Å²) >= 11 is 0. The molecule has 0 radical (unpaired) electrons. The lowest BCUT2D eigenvalue weighted by molar-refractivity contribution is -0.122. The van der Waals surface area contributed by atoms with Gasteiger partial charge in [-0.05, 0) is 31.0 Å². The fourth-order valence-corrected chi connectivity index (χ4v) is 3.88. The van der Waals surface area contributed by atoms with Crippen LogP contribution in [0.5, 0.6) is 0 Å². The molecule has 2 amide bonds. The Morgan fingerprint density at radius 2 is 1.89 bits per heavy atom. The largest absolute Gasteiger partial charge is 0.368 e. The number of carbonyl (C=O) groups is 2. The molecule has 7 heteroatoms. The maximum absolute atomic E-state index is 13.5. The third-order valence-electron chi connectivity index (χ3n) is 5.17. The highest BCUT2D eigenvalue weighted by molar-refractivity contribution is 6.07. The van der Waals surface area contributed by atoms with Crippen LogP contribution in [0.1, 0.15) is 32.9 Å². The lowest BCUT2D eigenvalue weighted by Crippen LogP contribution is -2.51. The molecule has 0 spiro atoms. The minimum atomic E-state index is -0.673. The summed E-state index contributed by atoms with van der Waals surface area (Å²) in [7, 11) is 1.80. The molecule has 1 aliphatic heterocycles. The number of pyridine rings is 1. The molecule has 27 heavy (non-hydrogen) atoms. The number of carbonyl (C=O) groups excluding carboxylic acids is 2. The van der Waals surface area contributed by atoms with Crippen LogP contribution in [0.15, 0.2) is 30.3 Å². The molecule has 2 N–H and O–H groups in total. The summed E-state index contributed by atoms with van der Waals surface area (Å²) in [6.07, 6.45) is 0.427. The Morgan fingerprint density at radius 1 is 1.19 bits per heavy atom. The van der Waals surface area contributed by atoms with Crippen LogP contribution in [0.4, 0.5) is 0 Å². The van der Waals surface area contributed by atoms with Crippen molar-refractivity contribution < 1.29 is 9.59 Å². The molecule has 1 unspecified atom stereocenters. The van der Waals surface area contributed by atoms with Gasteiger partial charge < -0.3 is 10.6 Å². The summed E-state index contributed by atoms with van der Waals surface area (Å²) in [5.74, 6) is -0.720. The maximum Gasteiger partial charge on any atom is 0.255 e. The smallest absolute Gasteiger partial charge is 0.255 e. The van der Waals surface area contributed by atoms with Crippen LogP contribution in [-0.2, 0) is 24.8 Å². The monoisotopic (exact) mass is 363 g/mol. The van der Waals surface area contributed by atoms with E-state index in [-0.39, 0.29) is 5.91 Å². The van der Waals surface area contributed by atoms with Crippen LogP contribution in [0.2, 0.25) is 0 Å². The lowest BCUT2D eigenvalue weighted by atomic mass is 9.92. The quantitative estimate of drug-likeness (QED) is 0.749. The first-order chi connectivity index (χ1) is 12.9. The molecule has 1 atom stereocenters. The van der Waals surface area contributed by atoms with Gasteiger partial charge in [-0.3, -0.25) is 14.3 Å². The average molecular weight is 363 g/mol. The van der Waals surface area contributed by atoms with Crippen molar-refractivity contribution in [2.45, 2.75) is 32.9 Å². The van der Waals surface area contributed by atoms with Crippen LogP contribution in [0, 0.1) is 13.8 Å². The van der Waals surface area contributed by atoms with Gasteiger partial charge >= 0.3 is 0 Å². The van der Waals surface area contributed by atoms with Crippen LogP contribution in [0.3, 0.4) is 0 Å². The fourth-order valence-electron chi connectivity index (χ4n) is 3.88. The second-order valence-corrected chi connectivity index (χ2v) is 7.04. The third-order valence-corrected chi connectivity index (χ3v) is 5.17. The molecular weight excluding hydrogens is 342 g/mol. The maximum atomic E-state index is 13.5. The Morgan fingerprint density at radius 3 is 2.59 bits per heavy atom. The second kappa shape index (κ2) is 6.19. The number of benzene rings is 1. The Bertz CT molecular complexity index is 1090. The van der Waals surface area contributed by atoms with E-state index in [0.29, 0.717) is 24.2 Å². The van der Waals surface area contributed by atoms with E-state index in [1.54, 1.807) is 22.7 Å². The predicted octanol–water partition coefficient (Wildman–Crippen LogP) is 1.64. The molecule has 7 nitrogen and oxygen atoms in total. The van der Waals surface area contributed by atoms with E-state index in [2.05, 4.69) is 10.1 Å². The molecule has 3 aromatic rings. The SMILES string of the molecule is Cc1cc(C(=O)N2Cc3ccccc3CC2C(N)=O)c2c(C)nn(C)c2n1. The van der Waals surface area contributed by atoms with Crippen molar-refractivity contribution in [3.63, 3.8) is 0 Å². The highest BCUT2D eigenvalue weighted by Crippen LogP contribution is 2.28. The number of hydrogen-bond donors (Lipinski definition) is 1. The van der Waals surface area contributed by atoms with E-state index in [1.165, 1.54) is 0 Å². The van der Waals surface area contributed by atoms with Gasteiger partial charge in [0, 0.05) is 25.7 Å². The normalized spacial score (nSPS) is 16.4. The van der Waals surface area contributed by atoms with E-state index in [9.17, 15) is 9.59 Å². The van der Waals surface area contributed by atoms with Crippen molar-refractivity contribution >= 4 is 22.8 Å². The third kappa shape index (κ3) is 2.75. The van der Waals surface area contributed by atoms with Crippen LogP contribution in [0.25, 0.3) is 11.0 Å².